The Hall–Kier alpha value is -1.52. The summed E-state index contributed by atoms with van der Waals surface area (Å²) in [5.74, 6) is 0.646. The smallest absolute Gasteiger partial charge is 0.213 e. The first-order chi connectivity index (χ1) is 16.6. The van der Waals surface area contributed by atoms with Gasteiger partial charge in [-0.25, -0.2) is 4.98 Å². The third kappa shape index (κ3) is 7.28. The molecule has 1 fully saturated rings. The quantitative estimate of drug-likeness (QED) is 0.342. The van der Waals surface area contributed by atoms with Gasteiger partial charge in [0.15, 0.2) is 16.6 Å². The van der Waals surface area contributed by atoms with Crippen LogP contribution in [0.1, 0.15) is 65.1 Å². The van der Waals surface area contributed by atoms with Gasteiger partial charge in [0.05, 0.1) is 18.8 Å². The van der Waals surface area contributed by atoms with Crippen LogP contribution in [-0.4, -0.2) is 40.4 Å². The number of hydrogen-bond acceptors (Lipinski definition) is 5. The molecule has 2 heterocycles. The number of nitrogens with one attached hydrogen (secondary N) is 1. The SMILES string of the molecule is CC(C)(C)[Si](C)(C)OC[C@H]1N[C@@H](c2ccc(OCc3ccccc3)nc2)C[C@@H]1O[Si](C)(C)C(C)(C)C. The first-order valence-electron chi connectivity index (χ1n) is 13.3. The molecule has 0 saturated carbocycles. The topological polar surface area (TPSA) is 52.6 Å². The molecule has 1 saturated heterocycles. The molecule has 1 aliphatic rings. The number of aromatic nitrogens is 1. The Bertz CT molecular complexity index is 967. The Balaban J connectivity index is 1.71. The highest BCUT2D eigenvalue weighted by Crippen LogP contribution is 2.41. The van der Waals surface area contributed by atoms with Crippen LogP contribution >= 0.6 is 0 Å². The summed E-state index contributed by atoms with van der Waals surface area (Å²) in [7, 11) is -3.78. The van der Waals surface area contributed by atoms with Gasteiger partial charge in [0, 0.05) is 18.3 Å². The van der Waals surface area contributed by atoms with Gasteiger partial charge in [0.1, 0.15) is 6.61 Å². The maximum Gasteiger partial charge on any atom is 0.213 e. The van der Waals surface area contributed by atoms with E-state index in [9.17, 15) is 0 Å². The lowest BCUT2D eigenvalue weighted by molar-refractivity contribution is 0.130. The molecular weight excluding hydrogens is 481 g/mol. The Morgan fingerprint density at radius 1 is 0.889 bits per heavy atom. The molecule has 2 aromatic rings. The molecule has 7 heteroatoms. The zero-order chi connectivity index (χ0) is 26.8. The predicted molar refractivity (Wildman–Crippen MR) is 155 cm³/mol. The van der Waals surface area contributed by atoms with Crippen LogP contribution in [0.2, 0.25) is 36.3 Å². The van der Waals surface area contributed by atoms with Crippen molar-refractivity contribution in [3.8, 4) is 5.88 Å². The molecule has 0 bridgehead atoms. The molecule has 3 atom stereocenters. The van der Waals surface area contributed by atoms with Crippen LogP contribution in [-0.2, 0) is 15.5 Å². The van der Waals surface area contributed by atoms with Crippen molar-refractivity contribution in [2.45, 2.75) is 109 Å². The van der Waals surface area contributed by atoms with E-state index in [0.717, 1.165) is 12.0 Å². The van der Waals surface area contributed by atoms with E-state index in [1.54, 1.807) is 0 Å². The Morgan fingerprint density at radius 3 is 2.08 bits per heavy atom. The fraction of sp³-hybridized carbons (Fsp3) is 0.621. The average molecular weight is 529 g/mol. The summed E-state index contributed by atoms with van der Waals surface area (Å²) in [4.78, 5) is 4.60. The average Bonchev–Trinajstić information content (AvgIpc) is 3.18. The summed E-state index contributed by atoms with van der Waals surface area (Å²) in [6, 6.07) is 14.6. The molecule has 0 aliphatic carbocycles. The molecule has 0 radical (unpaired) electrons. The first kappa shape index (κ1) is 29.0. The van der Waals surface area contributed by atoms with Crippen molar-refractivity contribution < 1.29 is 13.6 Å². The second kappa shape index (κ2) is 11.1. The highest BCUT2D eigenvalue weighted by Gasteiger charge is 2.45. The van der Waals surface area contributed by atoms with Crippen molar-refractivity contribution in [1.82, 2.24) is 10.3 Å². The van der Waals surface area contributed by atoms with Gasteiger partial charge in [-0.2, -0.15) is 0 Å². The van der Waals surface area contributed by atoms with E-state index in [4.69, 9.17) is 13.6 Å². The lowest BCUT2D eigenvalue weighted by Gasteiger charge is -2.41. The molecule has 0 amide bonds. The lowest BCUT2D eigenvalue weighted by atomic mass is 10.1. The van der Waals surface area contributed by atoms with E-state index in [0.29, 0.717) is 19.1 Å². The normalized spacial score (nSPS) is 21.6. The van der Waals surface area contributed by atoms with E-state index in [1.165, 1.54) is 5.56 Å². The number of rotatable bonds is 9. The zero-order valence-electron chi connectivity index (χ0n) is 24.1. The van der Waals surface area contributed by atoms with Crippen molar-refractivity contribution in [3.05, 3.63) is 59.8 Å². The molecule has 200 valence electrons. The van der Waals surface area contributed by atoms with Crippen molar-refractivity contribution in [1.29, 1.82) is 0 Å². The van der Waals surface area contributed by atoms with Gasteiger partial charge in [0.2, 0.25) is 5.88 Å². The van der Waals surface area contributed by atoms with Crippen LogP contribution in [0.25, 0.3) is 0 Å². The number of nitrogens with zero attached hydrogens (tertiary/aromatic N) is 1. The van der Waals surface area contributed by atoms with E-state index in [-0.39, 0.29) is 28.3 Å². The monoisotopic (exact) mass is 528 g/mol. The third-order valence-electron chi connectivity index (χ3n) is 8.41. The summed E-state index contributed by atoms with van der Waals surface area (Å²) < 4.78 is 19.5. The molecule has 1 N–H and O–H groups in total. The fourth-order valence-electron chi connectivity index (χ4n) is 3.83. The minimum Gasteiger partial charge on any atom is -0.473 e. The molecule has 1 aliphatic heterocycles. The Labute approximate surface area is 221 Å². The Morgan fingerprint density at radius 2 is 1.53 bits per heavy atom. The van der Waals surface area contributed by atoms with Gasteiger partial charge in [-0.05, 0) is 53.8 Å². The standard InChI is InChI=1S/C29H48N2O3Si2/c1-28(2,3)35(7,8)33-21-25-26(34-36(9,10)29(4,5)6)18-24(31-25)23-16-17-27(30-19-23)32-20-22-14-12-11-13-15-22/h11-17,19,24-26,31H,18,20-21H2,1-10H3/t24-,25-,26+/m1/s1. The van der Waals surface area contributed by atoms with Crippen LogP contribution in [0, 0.1) is 0 Å². The second-order valence-electron chi connectivity index (χ2n) is 13.3. The maximum absolute atomic E-state index is 6.96. The van der Waals surface area contributed by atoms with Crippen LogP contribution < -0.4 is 10.1 Å². The number of benzene rings is 1. The van der Waals surface area contributed by atoms with Crippen LogP contribution in [0.5, 0.6) is 5.88 Å². The molecule has 36 heavy (non-hydrogen) atoms. The molecule has 1 aromatic heterocycles. The van der Waals surface area contributed by atoms with Gasteiger partial charge in [0.25, 0.3) is 0 Å². The molecule has 5 nitrogen and oxygen atoms in total. The Kier molecular flexibility index (Phi) is 8.94. The van der Waals surface area contributed by atoms with E-state index < -0.39 is 16.6 Å². The highest BCUT2D eigenvalue weighted by molar-refractivity contribution is 6.74. The number of hydrogen-bond donors (Lipinski definition) is 1. The van der Waals surface area contributed by atoms with Crippen molar-refractivity contribution in [3.63, 3.8) is 0 Å². The minimum atomic E-state index is -1.93. The molecule has 0 unspecified atom stereocenters. The lowest BCUT2D eigenvalue weighted by Crippen LogP contribution is -2.50. The number of ether oxygens (including phenoxy) is 1. The zero-order valence-corrected chi connectivity index (χ0v) is 26.1. The largest absolute Gasteiger partial charge is 0.473 e. The summed E-state index contributed by atoms with van der Waals surface area (Å²) >= 11 is 0. The van der Waals surface area contributed by atoms with Gasteiger partial charge in [-0.1, -0.05) is 77.9 Å². The van der Waals surface area contributed by atoms with Crippen LogP contribution in [0.15, 0.2) is 48.7 Å². The van der Waals surface area contributed by atoms with Crippen molar-refractivity contribution in [2.24, 2.45) is 0 Å². The third-order valence-corrected chi connectivity index (χ3v) is 17.4. The van der Waals surface area contributed by atoms with Crippen LogP contribution in [0.3, 0.4) is 0 Å². The van der Waals surface area contributed by atoms with Crippen molar-refractivity contribution in [2.75, 3.05) is 6.61 Å². The first-order valence-corrected chi connectivity index (χ1v) is 19.1. The van der Waals surface area contributed by atoms with E-state index >= 15 is 0 Å². The van der Waals surface area contributed by atoms with Gasteiger partial charge in [-0.15, -0.1) is 0 Å². The highest BCUT2D eigenvalue weighted by atomic mass is 28.4. The summed E-state index contributed by atoms with van der Waals surface area (Å²) in [6.07, 6.45) is 2.98. The maximum atomic E-state index is 6.96. The van der Waals surface area contributed by atoms with Crippen LogP contribution in [0.4, 0.5) is 0 Å². The van der Waals surface area contributed by atoms with Crippen molar-refractivity contribution >= 4 is 16.6 Å². The summed E-state index contributed by atoms with van der Waals surface area (Å²) in [6.45, 7) is 24.3. The van der Waals surface area contributed by atoms with Gasteiger partial charge in [-0.3, -0.25) is 0 Å². The van der Waals surface area contributed by atoms with E-state index in [1.807, 2.05) is 30.5 Å². The van der Waals surface area contributed by atoms with E-state index in [2.05, 4.69) is 96.2 Å². The predicted octanol–water partition coefficient (Wildman–Crippen LogP) is 7.48. The van der Waals surface area contributed by atoms with Gasteiger partial charge < -0.3 is 18.9 Å². The minimum absolute atomic E-state index is 0.120. The molecular formula is C29H48N2O3Si2. The summed E-state index contributed by atoms with van der Waals surface area (Å²) in [5.41, 5.74) is 2.30. The summed E-state index contributed by atoms with van der Waals surface area (Å²) in [5, 5.41) is 4.19. The molecule has 3 rings (SSSR count). The molecule has 1 aromatic carbocycles. The fourth-order valence-corrected chi connectivity index (χ4v) is 6.23. The van der Waals surface area contributed by atoms with Gasteiger partial charge >= 0.3 is 0 Å². The molecule has 0 spiro atoms. The second-order valence-corrected chi connectivity index (χ2v) is 22.8. The number of pyridine rings is 1.